The van der Waals surface area contributed by atoms with Gasteiger partial charge < -0.3 is 4.74 Å². The number of aryl methyl sites for hydroxylation is 3. The van der Waals surface area contributed by atoms with E-state index in [4.69, 9.17) is 4.74 Å². The molecule has 0 atom stereocenters. The molecule has 0 saturated carbocycles. The van der Waals surface area contributed by atoms with Crippen LogP contribution in [0.5, 0.6) is 5.75 Å². The van der Waals surface area contributed by atoms with Gasteiger partial charge in [0.25, 0.3) is 0 Å². The molecule has 3 rings (SSSR count). The Labute approximate surface area is 175 Å². The number of allylic oxidation sites excluding steroid dienone is 1. The number of Topliss-reactive ketones (excluding diaryl/α,β-unsaturated/α-hetero) is 1. The van der Waals surface area contributed by atoms with Crippen LogP contribution in [0.2, 0.25) is 0 Å². The van der Waals surface area contributed by atoms with Gasteiger partial charge in [-0.1, -0.05) is 23.9 Å². The molecule has 0 aliphatic rings. The molecule has 5 nitrogen and oxygen atoms in total. The summed E-state index contributed by atoms with van der Waals surface area (Å²) in [6.45, 7) is 10.5. The number of ether oxygens (including phenoxy) is 1. The van der Waals surface area contributed by atoms with Crippen molar-refractivity contribution in [3.8, 4) is 17.1 Å². The number of carbonyl (C=O) groups is 1. The molecule has 2 aromatic carbocycles. The highest BCUT2D eigenvalue weighted by molar-refractivity contribution is 7.99. The smallest absolute Gasteiger partial charge is 0.192 e. The van der Waals surface area contributed by atoms with Gasteiger partial charge in [0.1, 0.15) is 5.75 Å². The molecular formula is C23H25N3O2S. The van der Waals surface area contributed by atoms with Gasteiger partial charge in [0, 0.05) is 17.7 Å². The average molecular weight is 408 g/mol. The quantitative estimate of drug-likeness (QED) is 0.297. The van der Waals surface area contributed by atoms with Crippen molar-refractivity contribution < 1.29 is 9.53 Å². The second-order valence-electron chi connectivity index (χ2n) is 6.90. The molecule has 0 unspecified atom stereocenters. The van der Waals surface area contributed by atoms with E-state index in [1.165, 1.54) is 17.3 Å². The van der Waals surface area contributed by atoms with Crippen LogP contribution in [0.1, 0.15) is 27.0 Å². The second kappa shape index (κ2) is 9.09. The van der Waals surface area contributed by atoms with Crippen molar-refractivity contribution in [3.05, 3.63) is 71.3 Å². The topological polar surface area (TPSA) is 57.0 Å². The number of benzene rings is 2. The van der Waals surface area contributed by atoms with Gasteiger partial charge in [-0.15, -0.1) is 16.8 Å². The number of thioether (sulfide) groups is 1. The Kier molecular flexibility index (Phi) is 6.54. The number of methoxy groups -OCH3 is 1. The van der Waals surface area contributed by atoms with Crippen LogP contribution in [0.3, 0.4) is 0 Å². The molecule has 0 aliphatic carbocycles. The van der Waals surface area contributed by atoms with Crippen molar-refractivity contribution in [2.45, 2.75) is 32.5 Å². The maximum Gasteiger partial charge on any atom is 0.192 e. The summed E-state index contributed by atoms with van der Waals surface area (Å²) in [6.07, 6.45) is 1.80. The van der Waals surface area contributed by atoms with E-state index in [0.29, 0.717) is 17.5 Å². The van der Waals surface area contributed by atoms with Crippen LogP contribution in [-0.2, 0) is 6.54 Å². The van der Waals surface area contributed by atoms with Crippen molar-refractivity contribution in [2.24, 2.45) is 0 Å². The molecule has 0 radical (unpaired) electrons. The third-order valence-electron chi connectivity index (χ3n) is 4.85. The first-order valence-corrected chi connectivity index (χ1v) is 10.4. The molecule has 150 valence electrons. The molecular weight excluding hydrogens is 382 g/mol. The third-order valence-corrected chi connectivity index (χ3v) is 5.82. The Morgan fingerprint density at radius 3 is 2.45 bits per heavy atom. The minimum atomic E-state index is 0.0924. The van der Waals surface area contributed by atoms with Gasteiger partial charge in [0.2, 0.25) is 0 Å². The number of nitrogens with zero attached hydrogens (tertiary/aromatic N) is 3. The molecule has 0 amide bonds. The first kappa shape index (κ1) is 20.9. The minimum Gasteiger partial charge on any atom is -0.497 e. The van der Waals surface area contributed by atoms with E-state index in [2.05, 4.69) is 29.8 Å². The molecule has 29 heavy (non-hydrogen) atoms. The third kappa shape index (κ3) is 4.59. The fourth-order valence-electron chi connectivity index (χ4n) is 3.11. The van der Waals surface area contributed by atoms with Gasteiger partial charge in [-0.3, -0.25) is 9.36 Å². The standard InChI is InChI=1S/C23H25N3O2S/c1-6-11-26-22(18-7-9-19(28-5)10-8-18)24-25-23(26)29-14-21(27)20-13-16(3)15(2)12-17(20)4/h6-10,12-13H,1,11,14H2,2-5H3. The van der Waals surface area contributed by atoms with E-state index in [1.807, 2.05) is 48.7 Å². The number of aromatic nitrogens is 3. The largest absolute Gasteiger partial charge is 0.497 e. The fourth-order valence-corrected chi connectivity index (χ4v) is 3.94. The van der Waals surface area contributed by atoms with E-state index in [-0.39, 0.29) is 5.78 Å². The lowest BCUT2D eigenvalue weighted by Gasteiger charge is -2.10. The van der Waals surface area contributed by atoms with Crippen molar-refractivity contribution in [2.75, 3.05) is 12.9 Å². The lowest BCUT2D eigenvalue weighted by Crippen LogP contribution is -2.08. The summed E-state index contributed by atoms with van der Waals surface area (Å²) in [5.74, 6) is 1.92. The van der Waals surface area contributed by atoms with Crippen molar-refractivity contribution in [3.63, 3.8) is 0 Å². The Morgan fingerprint density at radius 2 is 1.79 bits per heavy atom. The summed E-state index contributed by atoms with van der Waals surface area (Å²) >= 11 is 1.40. The van der Waals surface area contributed by atoms with Crippen LogP contribution in [0.25, 0.3) is 11.4 Å². The zero-order chi connectivity index (χ0) is 21.0. The van der Waals surface area contributed by atoms with Gasteiger partial charge >= 0.3 is 0 Å². The van der Waals surface area contributed by atoms with E-state index < -0.39 is 0 Å². The lowest BCUT2D eigenvalue weighted by molar-refractivity contribution is 0.102. The maximum absolute atomic E-state index is 12.8. The number of ketones is 1. The number of hydrogen-bond acceptors (Lipinski definition) is 5. The molecule has 1 aromatic heterocycles. The van der Waals surface area contributed by atoms with E-state index in [0.717, 1.165) is 33.8 Å². The first-order valence-electron chi connectivity index (χ1n) is 9.37. The van der Waals surface area contributed by atoms with Crippen molar-refractivity contribution in [1.29, 1.82) is 0 Å². The van der Waals surface area contributed by atoms with Crippen LogP contribution >= 0.6 is 11.8 Å². The summed E-state index contributed by atoms with van der Waals surface area (Å²) in [6, 6.07) is 11.7. The molecule has 1 heterocycles. The van der Waals surface area contributed by atoms with Crippen LogP contribution < -0.4 is 4.74 Å². The predicted octanol–water partition coefficient (Wildman–Crippen LogP) is 5.04. The van der Waals surface area contributed by atoms with Gasteiger partial charge in [-0.05, 0) is 67.8 Å². The predicted molar refractivity (Wildman–Crippen MR) is 118 cm³/mol. The average Bonchev–Trinajstić information content (AvgIpc) is 3.12. The minimum absolute atomic E-state index is 0.0924. The summed E-state index contributed by atoms with van der Waals surface area (Å²) in [5, 5.41) is 9.36. The molecule has 0 aliphatic heterocycles. The highest BCUT2D eigenvalue weighted by Crippen LogP contribution is 2.27. The van der Waals surface area contributed by atoms with Crippen molar-refractivity contribution in [1.82, 2.24) is 14.8 Å². The van der Waals surface area contributed by atoms with Gasteiger partial charge in [0.05, 0.1) is 12.9 Å². The highest BCUT2D eigenvalue weighted by atomic mass is 32.2. The monoisotopic (exact) mass is 407 g/mol. The van der Waals surface area contributed by atoms with Gasteiger partial charge in [-0.25, -0.2) is 0 Å². The Hall–Kier alpha value is -2.86. The van der Waals surface area contributed by atoms with Gasteiger partial charge in [-0.2, -0.15) is 0 Å². The summed E-state index contributed by atoms with van der Waals surface area (Å²) in [7, 11) is 1.64. The van der Waals surface area contributed by atoms with E-state index >= 15 is 0 Å². The zero-order valence-electron chi connectivity index (χ0n) is 17.2. The molecule has 0 fully saturated rings. The molecule has 0 bridgehead atoms. The fraction of sp³-hybridized carbons (Fsp3) is 0.261. The Bertz CT molecular complexity index is 1040. The van der Waals surface area contributed by atoms with E-state index in [1.54, 1.807) is 13.2 Å². The molecule has 3 aromatic rings. The normalized spacial score (nSPS) is 10.8. The Morgan fingerprint density at radius 1 is 1.10 bits per heavy atom. The number of rotatable bonds is 8. The van der Waals surface area contributed by atoms with Crippen LogP contribution in [0.4, 0.5) is 0 Å². The van der Waals surface area contributed by atoms with Crippen molar-refractivity contribution >= 4 is 17.5 Å². The van der Waals surface area contributed by atoms with E-state index in [9.17, 15) is 4.79 Å². The van der Waals surface area contributed by atoms with Crippen LogP contribution in [0, 0.1) is 20.8 Å². The van der Waals surface area contributed by atoms with Gasteiger partial charge in [0.15, 0.2) is 16.8 Å². The highest BCUT2D eigenvalue weighted by Gasteiger charge is 2.17. The Balaban J connectivity index is 1.82. The SMILES string of the molecule is C=CCn1c(SCC(=O)c2cc(C)c(C)cc2C)nnc1-c1ccc(OC)cc1. The second-order valence-corrected chi connectivity index (χ2v) is 7.84. The zero-order valence-corrected chi connectivity index (χ0v) is 18.0. The van der Waals surface area contributed by atoms with Crippen LogP contribution in [-0.4, -0.2) is 33.4 Å². The summed E-state index contributed by atoms with van der Waals surface area (Å²) < 4.78 is 7.19. The maximum atomic E-state index is 12.8. The molecule has 0 saturated heterocycles. The summed E-state index contributed by atoms with van der Waals surface area (Å²) in [4.78, 5) is 12.8. The number of hydrogen-bond donors (Lipinski definition) is 0. The molecule has 0 N–H and O–H groups in total. The van der Waals surface area contributed by atoms with Crippen LogP contribution in [0.15, 0.2) is 54.2 Å². The lowest BCUT2D eigenvalue weighted by atomic mass is 9.99. The molecule has 0 spiro atoms. The molecule has 6 heteroatoms. The number of carbonyl (C=O) groups excluding carboxylic acids is 1. The summed E-state index contributed by atoms with van der Waals surface area (Å²) in [5.41, 5.74) is 5.03. The first-order chi connectivity index (χ1) is 13.9.